The molecule has 130 valence electrons. The van der Waals surface area contributed by atoms with Crippen molar-refractivity contribution in [2.75, 3.05) is 6.54 Å². The minimum absolute atomic E-state index is 0.465. The largest absolute Gasteiger partial charge is 0.480 e. The smallest absolute Gasteiger partial charge is 0.325 e. The van der Waals surface area contributed by atoms with Gasteiger partial charge in [0.25, 0.3) is 0 Å². The number of rotatable bonds is 9. The molecule has 23 heavy (non-hydrogen) atoms. The molecule has 0 amide bonds. The van der Waals surface area contributed by atoms with Crippen molar-refractivity contribution in [3.8, 4) is 0 Å². The van der Waals surface area contributed by atoms with Crippen molar-refractivity contribution in [2.45, 2.75) is 52.0 Å². The van der Waals surface area contributed by atoms with E-state index in [0.717, 1.165) is 0 Å². The summed E-state index contributed by atoms with van der Waals surface area (Å²) in [4.78, 5) is 29.9. The van der Waals surface area contributed by atoms with Gasteiger partial charge in [-0.15, -0.1) is 0 Å². The molecule has 1 atom stereocenters. The molecular formula is C15H25ClN4O3. The lowest BCUT2D eigenvalue weighted by atomic mass is 10.2. The minimum Gasteiger partial charge on any atom is -0.480 e. The van der Waals surface area contributed by atoms with Crippen LogP contribution in [0.15, 0.2) is 4.99 Å². The summed E-state index contributed by atoms with van der Waals surface area (Å²) < 4.78 is 131. The molecular weight excluding hydrogens is 320 g/mol. The first kappa shape index (κ1) is 5.88. The number of aromatic amines is 1. The number of nitrogens with zero attached hydrogens (tertiary/aromatic N) is 2. The Labute approximate surface area is 166 Å². The summed E-state index contributed by atoms with van der Waals surface area (Å²) in [5.41, 5.74) is 4.67. The van der Waals surface area contributed by atoms with Gasteiger partial charge in [-0.05, 0) is 12.7 Å². The Bertz CT molecular complexity index is 1140. The first-order valence-electron chi connectivity index (χ1n) is 14.6. The Morgan fingerprint density at radius 3 is 2.83 bits per heavy atom. The predicted molar refractivity (Wildman–Crippen MR) is 91.2 cm³/mol. The third-order valence-electron chi connectivity index (χ3n) is 1.70. The summed E-state index contributed by atoms with van der Waals surface area (Å²) in [7, 11) is 0. The number of aldehydes is 1. The van der Waals surface area contributed by atoms with Crippen LogP contribution in [0.4, 0.5) is 0 Å². The van der Waals surface area contributed by atoms with Crippen molar-refractivity contribution in [2.24, 2.45) is 10.7 Å². The number of hydrogen-bond donors (Lipinski definition) is 3. The van der Waals surface area contributed by atoms with Gasteiger partial charge in [0.1, 0.15) is 19.4 Å². The Balaban J connectivity index is 0.000000782. The summed E-state index contributed by atoms with van der Waals surface area (Å²) in [6.07, 6.45) is -20.2. The molecule has 0 aromatic carbocycles. The van der Waals surface area contributed by atoms with Gasteiger partial charge in [-0.25, -0.2) is 4.98 Å². The van der Waals surface area contributed by atoms with Gasteiger partial charge >= 0.3 is 5.97 Å². The number of nitrogens with two attached hydrogens (primary N) is 1. The molecule has 1 aromatic heterocycles. The molecule has 1 heterocycles. The first-order valence-corrected chi connectivity index (χ1v) is 5.91. The van der Waals surface area contributed by atoms with Crippen LogP contribution >= 0.6 is 11.6 Å². The van der Waals surface area contributed by atoms with Crippen molar-refractivity contribution < 1.29 is 39.4 Å². The van der Waals surface area contributed by atoms with E-state index in [9.17, 15) is 9.59 Å². The summed E-state index contributed by atoms with van der Waals surface area (Å²) in [6.45, 7) is -7.70. The maximum Gasteiger partial charge on any atom is 0.325 e. The molecule has 0 radical (unpaired) electrons. The predicted octanol–water partition coefficient (Wildman–Crippen LogP) is 2.84. The van der Waals surface area contributed by atoms with Gasteiger partial charge in [0.15, 0.2) is 11.4 Å². The van der Waals surface area contributed by atoms with E-state index in [2.05, 4.69) is 15.0 Å². The van der Waals surface area contributed by atoms with Crippen molar-refractivity contribution >= 4 is 29.7 Å². The molecule has 4 N–H and O–H groups in total. The normalized spacial score (nSPS) is 28.0. The third-order valence-corrected chi connectivity index (χ3v) is 1.97. The van der Waals surface area contributed by atoms with Gasteiger partial charge < -0.3 is 15.8 Å². The van der Waals surface area contributed by atoms with Crippen LogP contribution in [0.2, 0.25) is 5.15 Å². The highest BCUT2D eigenvalue weighted by molar-refractivity contribution is 6.31. The van der Waals surface area contributed by atoms with Crippen LogP contribution in [0.3, 0.4) is 0 Å². The summed E-state index contributed by atoms with van der Waals surface area (Å²) in [5.74, 6) is -3.12. The number of aromatic nitrogens is 2. The lowest BCUT2D eigenvalue weighted by Gasteiger charge is -1.96. The number of aryl methyl sites for hydroxylation is 1. The van der Waals surface area contributed by atoms with Crippen LogP contribution in [0, 0.1) is 0 Å². The third kappa shape index (κ3) is 10.5. The second-order valence-electron chi connectivity index (χ2n) is 3.27. The molecule has 0 fully saturated rings. The van der Waals surface area contributed by atoms with E-state index in [-0.39, 0.29) is 0 Å². The Hall–Kier alpha value is -1.89. The molecule has 0 spiro atoms. The van der Waals surface area contributed by atoms with E-state index in [4.69, 9.17) is 47.1 Å². The van der Waals surface area contributed by atoms with Gasteiger partial charge in [0.2, 0.25) is 0 Å². The maximum atomic E-state index is 10.9. The lowest BCUT2D eigenvalue weighted by Crippen LogP contribution is -2.14. The summed E-state index contributed by atoms with van der Waals surface area (Å²) >= 11 is 5.54. The Morgan fingerprint density at radius 2 is 2.26 bits per heavy atom. The second-order valence-corrected chi connectivity index (χ2v) is 3.63. The lowest BCUT2D eigenvalue weighted by molar-refractivity contribution is -0.135. The monoisotopic (exact) mass is 362 g/mol. The minimum atomic E-state index is -3.56. The van der Waals surface area contributed by atoms with Crippen LogP contribution in [0.1, 0.15) is 86.6 Å². The van der Waals surface area contributed by atoms with Crippen molar-refractivity contribution in [3.63, 3.8) is 0 Å². The number of halogens is 1. The average Bonchev–Trinajstić information content (AvgIpc) is 3.16. The Kier molecular flexibility index (Phi) is 3.23. The molecule has 0 saturated carbocycles. The van der Waals surface area contributed by atoms with Crippen molar-refractivity contribution in [1.29, 1.82) is 0 Å². The van der Waals surface area contributed by atoms with Gasteiger partial charge in [-0.3, -0.25) is 14.6 Å². The van der Waals surface area contributed by atoms with Crippen LogP contribution < -0.4 is 5.73 Å². The standard InChI is InChI=1S/C8H11ClN2O.C7H14N2O2/c1-2-3-4-7-10-6(5-12)8(9)11-7;1-2-3-4-6(8)9-5-7(10)11/h5H,2-4H2,1H3,(H,10,11);2-5H2,1H3,(H2,8,9)(H,10,11)/i1D3,2D2,3D2,4D,5D;1D3,2D2,3D2,4D2. The van der Waals surface area contributed by atoms with E-state index in [1.165, 1.54) is 0 Å². The number of carboxylic acid groups (broad SMARTS) is 1. The number of carbonyl (C=O) groups is 2. The fourth-order valence-corrected chi connectivity index (χ4v) is 1.07. The zero-order chi connectivity index (χ0) is 33.4. The molecule has 0 aliphatic carbocycles. The van der Waals surface area contributed by atoms with E-state index < -0.39 is 93.2 Å². The van der Waals surface area contributed by atoms with E-state index in [0.29, 0.717) is 0 Å². The van der Waals surface area contributed by atoms with Gasteiger partial charge in [-0.1, -0.05) is 38.1 Å². The van der Waals surface area contributed by atoms with Crippen LogP contribution in [-0.4, -0.2) is 39.7 Å². The fraction of sp³-hybridized carbons (Fsp3) is 0.600. The number of amidine groups is 1. The topological polar surface area (TPSA) is 121 Å². The number of nitrogens with one attached hydrogen (secondary N) is 1. The number of hydrogen-bond acceptors (Lipinski definition) is 4. The molecule has 0 aliphatic rings. The zero-order valence-electron chi connectivity index (χ0n) is 29.4. The zero-order valence-corrected chi connectivity index (χ0v) is 12.2. The highest BCUT2D eigenvalue weighted by Crippen LogP contribution is 2.11. The second kappa shape index (κ2) is 12.6. The molecule has 0 bridgehead atoms. The highest BCUT2D eigenvalue weighted by atomic mass is 35.5. The molecule has 1 aromatic rings. The quantitative estimate of drug-likeness (QED) is 0.354. The number of carboxylic acids is 1. The number of imidazole rings is 1. The molecule has 8 heteroatoms. The average molecular weight is 363 g/mol. The van der Waals surface area contributed by atoms with Gasteiger partial charge in [0, 0.05) is 36.1 Å². The maximum absolute atomic E-state index is 10.9. The molecule has 0 aliphatic heterocycles. The number of H-pyrrole nitrogens is 1. The Morgan fingerprint density at radius 1 is 1.57 bits per heavy atom. The molecule has 1 unspecified atom stereocenters. The first-order chi connectivity index (χ1) is 17.8. The number of aliphatic carboxylic acids is 1. The molecule has 1 rings (SSSR count). The summed E-state index contributed by atoms with van der Waals surface area (Å²) in [6, 6.07) is 0. The van der Waals surface area contributed by atoms with Crippen molar-refractivity contribution in [1.82, 2.24) is 9.97 Å². The molecule has 0 saturated heterocycles. The summed E-state index contributed by atoms with van der Waals surface area (Å²) in [5, 5.41) is 7.91. The van der Waals surface area contributed by atoms with Crippen LogP contribution in [0.25, 0.3) is 0 Å². The van der Waals surface area contributed by atoms with E-state index in [1.54, 1.807) is 0 Å². The number of carbonyl (C=O) groups excluding carboxylic acids is 1. The van der Waals surface area contributed by atoms with Crippen LogP contribution in [-0.2, 0) is 11.2 Å². The van der Waals surface area contributed by atoms with Crippen molar-refractivity contribution in [3.05, 3.63) is 16.7 Å². The van der Waals surface area contributed by atoms with Crippen LogP contribution in [0.5, 0.6) is 0 Å². The highest BCUT2D eigenvalue weighted by Gasteiger charge is 2.05. The van der Waals surface area contributed by atoms with Gasteiger partial charge in [-0.2, -0.15) is 0 Å². The number of aliphatic imine (C=N–C) groups is 1. The van der Waals surface area contributed by atoms with Gasteiger partial charge in [0.05, 0.1) is 5.84 Å². The SMILES string of the molecule is [2H]C(=O)c1[nH]c(C([2H])C([2H])([2H])C([2H])([2H])C([2H])([2H])[2H])nc1Cl.[2H]C([2H])([2H])C([2H])([2H])C([2H])([2H])C([2H])([2H])C(N)=NCC(=O)O. The van der Waals surface area contributed by atoms with E-state index >= 15 is 0 Å². The van der Waals surface area contributed by atoms with E-state index in [1.807, 2.05) is 0 Å². The molecule has 7 nitrogen and oxygen atoms in total. The fourth-order valence-electron chi connectivity index (χ4n) is 0.897.